The van der Waals surface area contributed by atoms with E-state index in [4.69, 9.17) is 10.3 Å². The first-order valence-corrected chi connectivity index (χ1v) is 5.32. The van der Waals surface area contributed by atoms with Crippen LogP contribution in [0.25, 0.3) is 0 Å². The highest BCUT2D eigenvalue weighted by atomic mass is 16.5. The Balaban J connectivity index is 1.95. The summed E-state index contributed by atoms with van der Waals surface area (Å²) in [7, 11) is 0. The number of hydrogen-bond acceptors (Lipinski definition) is 4. The van der Waals surface area contributed by atoms with E-state index >= 15 is 0 Å². The van der Waals surface area contributed by atoms with Crippen LogP contribution in [0, 0.1) is 5.92 Å². The van der Waals surface area contributed by atoms with Gasteiger partial charge in [-0.2, -0.15) is 4.98 Å². The third-order valence-electron chi connectivity index (χ3n) is 2.88. The molecule has 4 heteroatoms. The van der Waals surface area contributed by atoms with E-state index in [-0.39, 0.29) is 0 Å². The Hall–Kier alpha value is -0.900. The zero-order valence-electron chi connectivity index (χ0n) is 8.57. The van der Waals surface area contributed by atoms with Gasteiger partial charge < -0.3 is 10.3 Å². The van der Waals surface area contributed by atoms with Gasteiger partial charge in [0.2, 0.25) is 5.89 Å². The highest BCUT2D eigenvalue weighted by Crippen LogP contribution is 2.34. The maximum atomic E-state index is 5.53. The molecule has 14 heavy (non-hydrogen) atoms. The van der Waals surface area contributed by atoms with E-state index in [1.807, 2.05) is 0 Å². The van der Waals surface area contributed by atoms with Crippen molar-refractivity contribution in [2.75, 3.05) is 6.54 Å². The number of hydrogen-bond donors (Lipinski definition) is 1. The molecular weight excluding hydrogens is 178 g/mol. The number of nitrogens with zero attached hydrogens (tertiary/aromatic N) is 2. The molecule has 1 aliphatic carbocycles. The molecule has 1 unspecified atom stereocenters. The lowest BCUT2D eigenvalue weighted by molar-refractivity contribution is 0.338. The molecule has 1 aliphatic rings. The molecule has 0 amide bonds. The molecule has 0 aromatic carbocycles. The van der Waals surface area contributed by atoms with Crippen molar-refractivity contribution in [1.82, 2.24) is 10.1 Å². The summed E-state index contributed by atoms with van der Waals surface area (Å²) in [5.74, 6) is 2.62. The Kier molecular flexibility index (Phi) is 2.82. The van der Waals surface area contributed by atoms with E-state index in [1.165, 1.54) is 19.3 Å². The van der Waals surface area contributed by atoms with E-state index in [0.717, 1.165) is 18.1 Å². The fraction of sp³-hybridized carbons (Fsp3) is 0.800. The Morgan fingerprint density at radius 3 is 2.93 bits per heavy atom. The van der Waals surface area contributed by atoms with Crippen LogP contribution in [0.4, 0.5) is 0 Å². The zero-order valence-corrected chi connectivity index (χ0v) is 8.57. The van der Waals surface area contributed by atoms with Crippen molar-refractivity contribution in [3.8, 4) is 0 Å². The summed E-state index contributed by atoms with van der Waals surface area (Å²) < 4.78 is 5.18. The van der Waals surface area contributed by atoms with Crippen molar-refractivity contribution in [1.29, 1.82) is 0 Å². The third-order valence-corrected chi connectivity index (χ3v) is 2.88. The summed E-state index contributed by atoms with van der Waals surface area (Å²) in [6, 6.07) is 0. The van der Waals surface area contributed by atoms with E-state index in [9.17, 15) is 0 Å². The van der Waals surface area contributed by atoms with Gasteiger partial charge in [-0.05, 0) is 25.3 Å². The first-order chi connectivity index (χ1) is 6.79. The monoisotopic (exact) mass is 195 g/mol. The fourth-order valence-corrected chi connectivity index (χ4v) is 1.56. The summed E-state index contributed by atoms with van der Waals surface area (Å²) in [5, 5.41) is 4.00. The molecule has 4 nitrogen and oxygen atoms in total. The van der Waals surface area contributed by atoms with Crippen LogP contribution in [0.3, 0.4) is 0 Å². The molecule has 0 saturated heterocycles. The predicted octanol–water partition coefficient (Wildman–Crippen LogP) is 1.47. The maximum absolute atomic E-state index is 5.53. The second-order valence-corrected chi connectivity index (χ2v) is 4.22. The van der Waals surface area contributed by atoms with Crippen LogP contribution >= 0.6 is 0 Å². The van der Waals surface area contributed by atoms with Crippen molar-refractivity contribution in [3.63, 3.8) is 0 Å². The minimum Gasteiger partial charge on any atom is -0.339 e. The summed E-state index contributed by atoms with van der Waals surface area (Å²) in [5.41, 5.74) is 5.53. The standard InChI is InChI=1S/C10H17N3O/c1-7(6-11)5-9-12-10(13-14-9)8-3-2-4-8/h7-8H,2-6,11H2,1H3. The smallest absolute Gasteiger partial charge is 0.226 e. The molecule has 2 rings (SSSR count). The Bertz CT molecular complexity index is 293. The highest BCUT2D eigenvalue weighted by molar-refractivity contribution is 4.99. The fourth-order valence-electron chi connectivity index (χ4n) is 1.56. The Morgan fingerprint density at radius 2 is 2.36 bits per heavy atom. The van der Waals surface area contributed by atoms with Gasteiger partial charge in [-0.25, -0.2) is 0 Å². The quantitative estimate of drug-likeness (QED) is 0.790. The lowest BCUT2D eigenvalue weighted by atomic mass is 9.85. The number of aromatic nitrogens is 2. The Morgan fingerprint density at radius 1 is 1.57 bits per heavy atom. The molecule has 2 N–H and O–H groups in total. The average Bonchev–Trinajstić information content (AvgIpc) is 2.50. The first kappa shape index (κ1) is 9.65. The molecular formula is C10H17N3O. The van der Waals surface area contributed by atoms with E-state index in [2.05, 4.69) is 17.1 Å². The van der Waals surface area contributed by atoms with Gasteiger partial charge in [0.15, 0.2) is 5.82 Å². The van der Waals surface area contributed by atoms with Gasteiger partial charge in [-0.15, -0.1) is 0 Å². The summed E-state index contributed by atoms with van der Waals surface area (Å²) in [4.78, 5) is 4.39. The number of rotatable bonds is 4. The molecule has 1 aromatic heterocycles. The SMILES string of the molecule is CC(CN)Cc1nc(C2CCC2)no1. The topological polar surface area (TPSA) is 64.9 Å². The lowest BCUT2D eigenvalue weighted by Crippen LogP contribution is -2.14. The second-order valence-electron chi connectivity index (χ2n) is 4.22. The van der Waals surface area contributed by atoms with Crippen molar-refractivity contribution in [2.45, 2.75) is 38.5 Å². The summed E-state index contributed by atoms with van der Waals surface area (Å²) >= 11 is 0. The third kappa shape index (κ3) is 1.95. The Labute approximate surface area is 83.9 Å². The van der Waals surface area contributed by atoms with Gasteiger partial charge in [-0.1, -0.05) is 18.5 Å². The van der Waals surface area contributed by atoms with E-state index in [1.54, 1.807) is 0 Å². The maximum Gasteiger partial charge on any atom is 0.226 e. The largest absolute Gasteiger partial charge is 0.339 e. The van der Waals surface area contributed by atoms with Gasteiger partial charge in [0.1, 0.15) is 0 Å². The van der Waals surface area contributed by atoms with Crippen LogP contribution < -0.4 is 5.73 Å². The van der Waals surface area contributed by atoms with Crippen LogP contribution in [0.15, 0.2) is 4.52 Å². The van der Waals surface area contributed by atoms with Crippen LogP contribution in [0.2, 0.25) is 0 Å². The van der Waals surface area contributed by atoms with E-state index < -0.39 is 0 Å². The molecule has 1 heterocycles. The van der Waals surface area contributed by atoms with Crippen molar-refractivity contribution in [3.05, 3.63) is 11.7 Å². The van der Waals surface area contributed by atoms with Gasteiger partial charge in [-0.3, -0.25) is 0 Å². The normalized spacial score (nSPS) is 19.3. The second kappa shape index (κ2) is 4.09. The first-order valence-electron chi connectivity index (χ1n) is 5.32. The molecule has 78 valence electrons. The molecule has 0 radical (unpaired) electrons. The van der Waals surface area contributed by atoms with Gasteiger partial charge in [0.05, 0.1) is 0 Å². The van der Waals surface area contributed by atoms with Crippen LogP contribution in [-0.4, -0.2) is 16.7 Å². The van der Waals surface area contributed by atoms with Crippen molar-refractivity contribution < 1.29 is 4.52 Å². The molecule has 1 aromatic rings. The average molecular weight is 195 g/mol. The van der Waals surface area contributed by atoms with Gasteiger partial charge in [0.25, 0.3) is 0 Å². The van der Waals surface area contributed by atoms with Crippen molar-refractivity contribution >= 4 is 0 Å². The van der Waals surface area contributed by atoms with Crippen molar-refractivity contribution in [2.24, 2.45) is 11.7 Å². The van der Waals surface area contributed by atoms with Crippen LogP contribution in [0.1, 0.15) is 43.8 Å². The zero-order chi connectivity index (χ0) is 9.97. The molecule has 0 aliphatic heterocycles. The number of nitrogens with two attached hydrogens (primary N) is 1. The summed E-state index contributed by atoms with van der Waals surface area (Å²) in [6.07, 6.45) is 4.53. The molecule has 0 spiro atoms. The van der Waals surface area contributed by atoms with Gasteiger partial charge >= 0.3 is 0 Å². The summed E-state index contributed by atoms with van der Waals surface area (Å²) in [6.45, 7) is 2.76. The van der Waals surface area contributed by atoms with E-state index in [0.29, 0.717) is 18.4 Å². The molecule has 0 bridgehead atoms. The molecule has 1 atom stereocenters. The van der Waals surface area contributed by atoms with Crippen LogP contribution in [-0.2, 0) is 6.42 Å². The minimum absolute atomic E-state index is 0.421. The minimum atomic E-state index is 0.421. The van der Waals surface area contributed by atoms with Crippen LogP contribution in [0.5, 0.6) is 0 Å². The highest BCUT2D eigenvalue weighted by Gasteiger charge is 2.24. The lowest BCUT2D eigenvalue weighted by Gasteiger charge is -2.20. The van der Waals surface area contributed by atoms with Gasteiger partial charge in [0, 0.05) is 12.3 Å². The molecule has 1 saturated carbocycles. The molecule has 1 fully saturated rings. The predicted molar refractivity (Wildman–Crippen MR) is 52.8 cm³/mol.